The van der Waals surface area contributed by atoms with Gasteiger partial charge in [0.15, 0.2) is 6.10 Å². The number of ether oxygens (including phenoxy) is 2. The van der Waals surface area contributed by atoms with Crippen molar-refractivity contribution < 1.29 is 28.9 Å². The third kappa shape index (κ3) is 6.01. The molecule has 0 aromatic heterocycles. The molecule has 4 aromatic rings. The predicted molar refractivity (Wildman–Crippen MR) is 132 cm³/mol. The number of nitro benzene ring substituents is 2. The Hall–Kier alpha value is -5.38. The number of benzene rings is 4. The SMILES string of the molecule is O=C(O[C@H](C(=O)c1ccccc1)c1ccc([N+](=O)[O-])cc1)c1cccc(Oc2ccc([N+](=O)[O-])cc2)c1. The van der Waals surface area contributed by atoms with Gasteiger partial charge in [-0.05, 0) is 42.5 Å². The number of hydrogen-bond acceptors (Lipinski definition) is 8. The number of ketones is 1. The molecule has 4 aromatic carbocycles. The average Bonchev–Trinajstić information content (AvgIpc) is 2.92. The average molecular weight is 498 g/mol. The van der Waals surface area contributed by atoms with Gasteiger partial charge < -0.3 is 9.47 Å². The van der Waals surface area contributed by atoms with Crippen molar-refractivity contribution in [3.05, 3.63) is 140 Å². The second-order valence-corrected chi connectivity index (χ2v) is 7.75. The highest BCUT2D eigenvalue weighted by atomic mass is 16.6. The number of hydrogen-bond donors (Lipinski definition) is 0. The number of Topliss-reactive ketones (excluding diaryl/α,β-unsaturated/α-hetero) is 1. The molecule has 0 fully saturated rings. The lowest BCUT2D eigenvalue weighted by Crippen LogP contribution is -2.20. The normalized spacial score (nSPS) is 11.2. The molecule has 10 nitrogen and oxygen atoms in total. The quantitative estimate of drug-likeness (QED) is 0.117. The van der Waals surface area contributed by atoms with Gasteiger partial charge in [0.1, 0.15) is 11.5 Å². The molecule has 0 unspecified atom stereocenters. The molecule has 0 saturated heterocycles. The van der Waals surface area contributed by atoms with E-state index in [1.54, 1.807) is 42.5 Å². The molecule has 0 spiro atoms. The number of esters is 1. The first-order valence-electron chi connectivity index (χ1n) is 10.9. The number of carbonyl (C=O) groups is 2. The Labute approximate surface area is 210 Å². The van der Waals surface area contributed by atoms with Gasteiger partial charge in [0.25, 0.3) is 11.4 Å². The summed E-state index contributed by atoms with van der Waals surface area (Å²) in [5.41, 5.74) is 0.398. The molecule has 184 valence electrons. The van der Waals surface area contributed by atoms with Crippen molar-refractivity contribution in [3.63, 3.8) is 0 Å². The van der Waals surface area contributed by atoms with Crippen molar-refractivity contribution in [1.82, 2.24) is 0 Å². The Bertz CT molecular complexity index is 1450. The molecule has 0 heterocycles. The minimum absolute atomic E-state index is 0.0900. The Morgan fingerprint density at radius 2 is 1.22 bits per heavy atom. The van der Waals surface area contributed by atoms with Crippen LogP contribution >= 0.6 is 0 Å². The van der Waals surface area contributed by atoms with E-state index in [-0.39, 0.29) is 28.3 Å². The number of rotatable bonds is 9. The molecule has 0 aliphatic heterocycles. The van der Waals surface area contributed by atoms with E-state index >= 15 is 0 Å². The first-order chi connectivity index (χ1) is 17.8. The maximum absolute atomic E-state index is 13.2. The van der Waals surface area contributed by atoms with E-state index < -0.39 is 27.7 Å². The molecular formula is C27H18N2O8. The molecule has 4 rings (SSSR count). The summed E-state index contributed by atoms with van der Waals surface area (Å²) in [6, 6.07) is 24.9. The molecule has 0 aliphatic rings. The Morgan fingerprint density at radius 3 is 1.81 bits per heavy atom. The summed E-state index contributed by atoms with van der Waals surface area (Å²) in [5.74, 6) is -0.730. The predicted octanol–water partition coefficient (Wildman–Crippen LogP) is 6.08. The first-order valence-corrected chi connectivity index (χ1v) is 10.9. The van der Waals surface area contributed by atoms with E-state index in [1.807, 2.05) is 0 Å². The summed E-state index contributed by atoms with van der Waals surface area (Å²) >= 11 is 0. The van der Waals surface area contributed by atoms with Crippen molar-refractivity contribution in [1.29, 1.82) is 0 Å². The summed E-state index contributed by atoms with van der Waals surface area (Å²) in [5, 5.41) is 21.8. The van der Waals surface area contributed by atoms with Gasteiger partial charge in [-0.25, -0.2) is 4.79 Å². The van der Waals surface area contributed by atoms with Crippen molar-refractivity contribution >= 4 is 23.1 Å². The van der Waals surface area contributed by atoms with E-state index in [2.05, 4.69) is 0 Å². The van der Waals surface area contributed by atoms with E-state index in [0.717, 1.165) is 0 Å². The lowest BCUT2D eigenvalue weighted by Gasteiger charge is -2.18. The fraction of sp³-hybridized carbons (Fsp3) is 0.0370. The van der Waals surface area contributed by atoms with Crippen molar-refractivity contribution in [2.45, 2.75) is 6.10 Å². The third-order valence-electron chi connectivity index (χ3n) is 5.28. The number of nitro groups is 2. The maximum atomic E-state index is 13.2. The van der Waals surface area contributed by atoms with Gasteiger partial charge in [0.05, 0.1) is 15.4 Å². The van der Waals surface area contributed by atoms with Crippen LogP contribution in [-0.4, -0.2) is 21.6 Å². The van der Waals surface area contributed by atoms with E-state index in [4.69, 9.17) is 9.47 Å². The van der Waals surface area contributed by atoms with E-state index in [0.29, 0.717) is 11.3 Å². The zero-order chi connectivity index (χ0) is 26.4. The van der Waals surface area contributed by atoms with Gasteiger partial charge in [-0.2, -0.15) is 0 Å². The number of nitrogens with zero attached hydrogens (tertiary/aromatic N) is 2. The van der Waals surface area contributed by atoms with Crippen LogP contribution < -0.4 is 4.74 Å². The summed E-state index contributed by atoms with van der Waals surface area (Å²) in [6.07, 6.45) is -1.35. The molecule has 0 bridgehead atoms. The third-order valence-corrected chi connectivity index (χ3v) is 5.28. The number of non-ortho nitro benzene ring substituents is 2. The van der Waals surface area contributed by atoms with Gasteiger partial charge >= 0.3 is 5.97 Å². The Kier molecular flexibility index (Phi) is 7.29. The van der Waals surface area contributed by atoms with Crippen LogP contribution in [0.3, 0.4) is 0 Å². The van der Waals surface area contributed by atoms with Gasteiger partial charge in [-0.1, -0.05) is 36.4 Å². The summed E-state index contributed by atoms with van der Waals surface area (Å²) < 4.78 is 11.3. The van der Waals surface area contributed by atoms with Crippen molar-refractivity contribution in [2.24, 2.45) is 0 Å². The molecule has 0 saturated carbocycles. The molecule has 1 atom stereocenters. The van der Waals surface area contributed by atoms with Crippen molar-refractivity contribution in [3.8, 4) is 11.5 Å². The standard InChI is InChI=1S/C27H18N2O8/c30-25(18-5-2-1-3-6-18)26(19-9-11-21(12-10-19)28(32)33)37-27(31)20-7-4-8-24(17-20)36-23-15-13-22(14-16-23)29(34)35/h1-17,26H/t26-/m0/s1. The highest BCUT2D eigenvalue weighted by molar-refractivity contribution is 6.02. The largest absolute Gasteiger partial charge is 0.457 e. The monoisotopic (exact) mass is 498 g/mol. The fourth-order valence-electron chi connectivity index (χ4n) is 3.43. The Balaban J connectivity index is 1.58. The van der Waals surface area contributed by atoms with Gasteiger partial charge in [-0.3, -0.25) is 25.0 Å². The van der Waals surface area contributed by atoms with E-state index in [1.165, 1.54) is 60.7 Å². The minimum atomic E-state index is -1.35. The van der Waals surface area contributed by atoms with Crippen LogP contribution in [0.1, 0.15) is 32.4 Å². The van der Waals surface area contributed by atoms with E-state index in [9.17, 15) is 29.8 Å². The van der Waals surface area contributed by atoms with Crippen LogP contribution in [0.25, 0.3) is 0 Å². The Morgan fingerprint density at radius 1 is 0.649 bits per heavy atom. The number of carbonyl (C=O) groups excluding carboxylic acids is 2. The molecule has 10 heteroatoms. The molecule has 37 heavy (non-hydrogen) atoms. The highest BCUT2D eigenvalue weighted by Crippen LogP contribution is 2.28. The first kappa shape index (κ1) is 24.7. The van der Waals surface area contributed by atoms with Gasteiger partial charge in [-0.15, -0.1) is 0 Å². The molecule has 0 radical (unpaired) electrons. The van der Waals surface area contributed by atoms with Crippen LogP contribution in [0.4, 0.5) is 11.4 Å². The highest BCUT2D eigenvalue weighted by Gasteiger charge is 2.27. The summed E-state index contributed by atoms with van der Waals surface area (Å²) in [6.45, 7) is 0. The topological polar surface area (TPSA) is 139 Å². The molecule has 0 amide bonds. The van der Waals surface area contributed by atoms with Gasteiger partial charge in [0.2, 0.25) is 5.78 Å². The fourth-order valence-corrected chi connectivity index (χ4v) is 3.43. The molecule has 0 N–H and O–H groups in total. The zero-order valence-corrected chi connectivity index (χ0v) is 19.1. The lowest BCUT2D eigenvalue weighted by atomic mass is 9.99. The maximum Gasteiger partial charge on any atom is 0.339 e. The smallest absolute Gasteiger partial charge is 0.339 e. The van der Waals surface area contributed by atoms with Crippen LogP contribution in [-0.2, 0) is 4.74 Å². The second kappa shape index (κ2) is 10.9. The van der Waals surface area contributed by atoms with Crippen LogP contribution in [0.15, 0.2) is 103 Å². The van der Waals surface area contributed by atoms with Crippen LogP contribution in [0.5, 0.6) is 11.5 Å². The van der Waals surface area contributed by atoms with Crippen LogP contribution in [0, 0.1) is 20.2 Å². The van der Waals surface area contributed by atoms with Crippen molar-refractivity contribution in [2.75, 3.05) is 0 Å². The van der Waals surface area contributed by atoms with Crippen LogP contribution in [0.2, 0.25) is 0 Å². The zero-order valence-electron chi connectivity index (χ0n) is 19.1. The molecule has 0 aliphatic carbocycles. The lowest BCUT2D eigenvalue weighted by molar-refractivity contribution is -0.385. The second-order valence-electron chi connectivity index (χ2n) is 7.75. The molecular weight excluding hydrogens is 480 g/mol. The minimum Gasteiger partial charge on any atom is -0.457 e. The summed E-state index contributed by atoms with van der Waals surface area (Å²) in [4.78, 5) is 47.0. The summed E-state index contributed by atoms with van der Waals surface area (Å²) in [7, 11) is 0. The van der Waals surface area contributed by atoms with Gasteiger partial charge in [0, 0.05) is 35.4 Å².